The zero-order valence-electron chi connectivity index (χ0n) is 4.54. The predicted octanol–water partition coefficient (Wildman–Crippen LogP) is -4.88. The van der Waals surface area contributed by atoms with Gasteiger partial charge in [-0.25, -0.2) is 0 Å². The summed E-state index contributed by atoms with van der Waals surface area (Å²) in [5.74, 6) is 0. The summed E-state index contributed by atoms with van der Waals surface area (Å²) in [6.45, 7) is 0. The van der Waals surface area contributed by atoms with E-state index in [2.05, 4.69) is 23.3 Å². The van der Waals surface area contributed by atoms with Crippen LogP contribution in [0.15, 0.2) is 0 Å². The van der Waals surface area contributed by atoms with E-state index in [0.717, 1.165) is 0 Å². The van der Waals surface area contributed by atoms with Crippen molar-refractivity contribution < 1.29 is 64.6 Å². The number of hydrogen-bond acceptors (Lipinski definition) is 5. The molecular formula is H2Na2OS5. The molecule has 40 valence electrons. The Hall–Kier alpha value is 3.71. The van der Waals surface area contributed by atoms with Crippen LogP contribution in [0, 0.1) is 0 Å². The average Bonchev–Trinajstić information content (AvgIpc) is 1.41. The zero-order chi connectivity index (χ0) is 4.12. The molecule has 0 aliphatic heterocycles. The van der Waals surface area contributed by atoms with Gasteiger partial charge < -0.3 is 28.8 Å². The molecule has 0 fully saturated rings. The maximum Gasteiger partial charge on any atom is 1.00 e. The maximum atomic E-state index is 4.44. The first-order chi connectivity index (χ1) is 2.41. The summed E-state index contributed by atoms with van der Waals surface area (Å²) < 4.78 is 0. The molecule has 8 heavy (non-hydrogen) atoms. The summed E-state index contributed by atoms with van der Waals surface area (Å²) in [6, 6.07) is 0. The first-order valence-electron chi connectivity index (χ1n) is 0.667. The largest absolute Gasteiger partial charge is 1.00 e. The summed E-state index contributed by atoms with van der Waals surface area (Å²) in [6.07, 6.45) is 0. The fraction of sp³-hybridized carbons (Fsp3) is 0. The zero-order valence-corrected chi connectivity index (χ0v) is 12.6. The minimum atomic E-state index is 0. The van der Waals surface area contributed by atoms with Gasteiger partial charge in [0, 0.05) is 0 Å². The van der Waals surface area contributed by atoms with Gasteiger partial charge in [-0.2, -0.15) is 0 Å². The third-order valence-electron chi connectivity index (χ3n) is 0.0556. The Morgan fingerprint density at radius 3 is 1.12 bits per heavy atom. The van der Waals surface area contributed by atoms with Crippen LogP contribution in [0.1, 0.15) is 0 Å². The van der Waals surface area contributed by atoms with Crippen molar-refractivity contribution in [3.8, 4) is 0 Å². The van der Waals surface area contributed by atoms with Crippen LogP contribution in [-0.2, 0) is 23.3 Å². The van der Waals surface area contributed by atoms with Crippen molar-refractivity contribution in [1.82, 2.24) is 0 Å². The van der Waals surface area contributed by atoms with E-state index in [9.17, 15) is 0 Å². The molecule has 0 radical (unpaired) electrons. The van der Waals surface area contributed by atoms with Crippen molar-refractivity contribution in [1.29, 1.82) is 0 Å². The molecule has 0 aliphatic carbocycles. The molecule has 0 atom stereocenters. The van der Waals surface area contributed by atoms with Crippen LogP contribution in [0.5, 0.6) is 0 Å². The third kappa shape index (κ3) is 22.6. The quantitative estimate of drug-likeness (QED) is 0.267. The standard InChI is InChI=1S/2Na.H2O.H2S5/c;;;1-3-5-4-2/h;;1H2;1-2H/q2*+1;;/p-2. The van der Waals surface area contributed by atoms with Crippen LogP contribution in [-0.4, -0.2) is 5.48 Å². The van der Waals surface area contributed by atoms with E-state index in [-0.39, 0.29) is 64.6 Å². The first-order valence-corrected chi connectivity index (χ1v) is 6.00. The number of rotatable bonds is 2. The molecule has 2 N–H and O–H groups in total. The second-order valence-electron chi connectivity index (χ2n) is 0.204. The van der Waals surface area contributed by atoms with E-state index in [0.29, 0.717) is 0 Å². The van der Waals surface area contributed by atoms with Crippen LogP contribution in [0.25, 0.3) is 0 Å². The fourth-order valence-corrected chi connectivity index (χ4v) is 2.76. The average molecular weight is 224 g/mol. The molecule has 0 aromatic carbocycles. The van der Waals surface area contributed by atoms with E-state index >= 15 is 0 Å². The Balaban J connectivity index is -0.0000000267. The minimum absolute atomic E-state index is 0. The van der Waals surface area contributed by atoms with E-state index in [1.807, 2.05) is 0 Å². The summed E-state index contributed by atoms with van der Waals surface area (Å²) in [5, 5.41) is 0. The molecule has 0 aromatic rings. The van der Waals surface area contributed by atoms with Crippen molar-refractivity contribution >= 4 is 52.8 Å². The van der Waals surface area contributed by atoms with Gasteiger partial charge in [-0.05, 0) is 0 Å². The molecule has 0 heterocycles. The van der Waals surface area contributed by atoms with Gasteiger partial charge in [-0.15, -0.1) is 0 Å². The van der Waals surface area contributed by atoms with Crippen molar-refractivity contribution in [2.24, 2.45) is 0 Å². The van der Waals surface area contributed by atoms with Gasteiger partial charge in [0.25, 0.3) is 0 Å². The second-order valence-corrected chi connectivity index (χ2v) is 5.51. The van der Waals surface area contributed by atoms with Crippen LogP contribution in [0.3, 0.4) is 0 Å². The van der Waals surface area contributed by atoms with Crippen LogP contribution >= 0.6 is 29.5 Å². The fourth-order valence-electron chi connectivity index (χ4n) is 0.0113. The SMILES string of the molecule is O.[Na+].[Na+].[S-]SSS[S-]. The summed E-state index contributed by atoms with van der Waals surface area (Å²) in [5.41, 5.74) is 0. The Kier molecular flexibility index (Phi) is 63.3. The Morgan fingerprint density at radius 1 is 0.875 bits per heavy atom. The molecule has 0 amide bonds. The monoisotopic (exact) mass is 224 g/mol. The molecule has 0 saturated carbocycles. The predicted molar refractivity (Wildman–Crippen MR) is 41.1 cm³/mol. The Labute approximate surface area is 115 Å². The smallest absolute Gasteiger partial charge is 0.706 e. The molecule has 0 aromatic heterocycles. The normalized spacial score (nSPS) is 5.25. The van der Waals surface area contributed by atoms with Gasteiger partial charge >= 0.3 is 59.1 Å². The van der Waals surface area contributed by atoms with Crippen molar-refractivity contribution in [3.63, 3.8) is 0 Å². The van der Waals surface area contributed by atoms with E-state index in [4.69, 9.17) is 0 Å². The maximum absolute atomic E-state index is 4.44. The molecule has 0 rings (SSSR count). The topological polar surface area (TPSA) is 31.5 Å². The van der Waals surface area contributed by atoms with Crippen LogP contribution in [0.4, 0.5) is 0 Å². The van der Waals surface area contributed by atoms with E-state index in [1.54, 1.807) is 0 Å². The summed E-state index contributed by atoms with van der Waals surface area (Å²) in [4.78, 5) is 0. The van der Waals surface area contributed by atoms with Crippen LogP contribution in [0.2, 0.25) is 0 Å². The van der Waals surface area contributed by atoms with E-state index in [1.165, 1.54) is 29.5 Å². The molecule has 0 saturated heterocycles. The van der Waals surface area contributed by atoms with Crippen molar-refractivity contribution in [2.75, 3.05) is 0 Å². The van der Waals surface area contributed by atoms with Gasteiger partial charge in [0.05, 0.1) is 0 Å². The Morgan fingerprint density at radius 2 is 1.12 bits per heavy atom. The van der Waals surface area contributed by atoms with E-state index < -0.39 is 0 Å². The Bertz CT molecular complexity index is 17.9. The molecule has 0 spiro atoms. The second kappa shape index (κ2) is 22.4. The molecule has 1 nitrogen and oxygen atoms in total. The minimum Gasteiger partial charge on any atom is -0.706 e. The van der Waals surface area contributed by atoms with Gasteiger partial charge in [-0.3, -0.25) is 19.7 Å². The van der Waals surface area contributed by atoms with Gasteiger partial charge in [0.15, 0.2) is 0 Å². The van der Waals surface area contributed by atoms with Gasteiger partial charge in [-0.1, -0.05) is 9.83 Å². The molecule has 0 bridgehead atoms. The summed E-state index contributed by atoms with van der Waals surface area (Å²) in [7, 11) is 3.95. The third-order valence-corrected chi connectivity index (χ3v) is 4.50. The molecule has 8 heteroatoms. The van der Waals surface area contributed by atoms with Crippen LogP contribution < -0.4 is 59.1 Å². The van der Waals surface area contributed by atoms with Gasteiger partial charge in [0.2, 0.25) is 0 Å². The number of hydrogen-bond donors (Lipinski definition) is 0. The van der Waals surface area contributed by atoms with Crippen molar-refractivity contribution in [3.05, 3.63) is 0 Å². The van der Waals surface area contributed by atoms with Gasteiger partial charge in [0.1, 0.15) is 0 Å². The first kappa shape index (κ1) is 22.6. The van der Waals surface area contributed by atoms with Crippen molar-refractivity contribution in [2.45, 2.75) is 0 Å². The summed E-state index contributed by atoms with van der Waals surface area (Å²) >= 11 is 8.89. The molecular weight excluding hydrogens is 222 g/mol. The molecule has 0 unspecified atom stereocenters. The molecule has 0 aliphatic rings.